The predicted octanol–water partition coefficient (Wildman–Crippen LogP) is 3.70. The van der Waals surface area contributed by atoms with E-state index < -0.39 is 0 Å². The van der Waals surface area contributed by atoms with Crippen LogP contribution in [-0.2, 0) is 6.42 Å². The number of aromatic nitrogens is 1. The number of rotatable bonds is 6. The molecule has 2 amide bonds. The molecule has 6 nitrogen and oxygen atoms in total. The van der Waals surface area contributed by atoms with Gasteiger partial charge < -0.3 is 15.0 Å². The molecule has 0 aliphatic heterocycles. The second-order valence-electron chi connectivity index (χ2n) is 6.39. The molecule has 1 aromatic heterocycles. The SMILES string of the molecule is COc1ccc(C(C)=O)cc1NC(=O)N(C)C(C)Cc1cc(C)ccn1. The zero-order valence-electron chi connectivity index (χ0n) is 15.9. The zero-order chi connectivity index (χ0) is 19.3. The summed E-state index contributed by atoms with van der Waals surface area (Å²) < 4.78 is 5.28. The van der Waals surface area contributed by atoms with E-state index in [1.54, 1.807) is 36.3 Å². The van der Waals surface area contributed by atoms with E-state index >= 15 is 0 Å². The van der Waals surface area contributed by atoms with Gasteiger partial charge in [0.15, 0.2) is 5.78 Å². The number of anilines is 1. The van der Waals surface area contributed by atoms with Crippen molar-refractivity contribution >= 4 is 17.5 Å². The maximum Gasteiger partial charge on any atom is 0.321 e. The van der Waals surface area contributed by atoms with Gasteiger partial charge in [-0.3, -0.25) is 9.78 Å². The number of methoxy groups -OCH3 is 1. The number of amides is 2. The van der Waals surface area contributed by atoms with E-state index in [1.165, 1.54) is 14.0 Å². The summed E-state index contributed by atoms with van der Waals surface area (Å²) in [4.78, 5) is 30.2. The van der Waals surface area contributed by atoms with Crippen molar-refractivity contribution in [2.24, 2.45) is 0 Å². The highest BCUT2D eigenvalue weighted by molar-refractivity contribution is 5.97. The van der Waals surface area contributed by atoms with Crippen LogP contribution in [0, 0.1) is 6.92 Å². The summed E-state index contributed by atoms with van der Waals surface area (Å²) in [6, 6.07) is 8.61. The van der Waals surface area contributed by atoms with E-state index in [0.717, 1.165) is 11.3 Å². The molecule has 1 N–H and O–H groups in total. The number of ether oxygens (including phenoxy) is 1. The van der Waals surface area contributed by atoms with Crippen LogP contribution in [0.15, 0.2) is 36.5 Å². The molecule has 1 heterocycles. The van der Waals surface area contributed by atoms with Gasteiger partial charge in [0.25, 0.3) is 0 Å². The Morgan fingerprint density at radius 3 is 2.62 bits per heavy atom. The Kier molecular flexibility index (Phi) is 6.33. The molecule has 0 radical (unpaired) electrons. The van der Waals surface area contributed by atoms with E-state index in [9.17, 15) is 9.59 Å². The second kappa shape index (κ2) is 8.47. The number of carbonyl (C=O) groups is 2. The van der Waals surface area contributed by atoms with E-state index in [2.05, 4.69) is 10.3 Å². The first-order valence-corrected chi connectivity index (χ1v) is 8.46. The average molecular weight is 355 g/mol. The fourth-order valence-corrected chi connectivity index (χ4v) is 2.58. The monoisotopic (exact) mass is 355 g/mol. The first kappa shape index (κ1) is 19.4. The van der Waals surface area contributed by atoms with Gasteiger partial charge in [0.1, 0.15) is 5.75 Å². The number of likely N-dealkylation sites (N-methyl/N-ethyl adjacent to an activating group) is 1. The van der Waals surface area contributed by atoms with E-state index in [-0.39, 0.29) is 17.9 Å². The fraction of sp³-hybridized carbons (Fsp3) is 0.350. The number of benzene rings is 1. The van der Waals surface area contributed by atoms with Crippen LogP contribution >= 0.6 is 0 Å². The average Bonchev–Trinajstić information content (AvgIpc) is 2.60. The normalized spacial score (nSPS) is 11.6. The molecule has 2 aromatic rings. The molecule has 26 heavy (non-hydrogen) atoms. The summed E-state index contributed by atoms with van der Waals surface area (Å²) in [7, 11) is 3.26. The van der Waals surface area contributed by atoms with E-state index in [4.69, 9.17) is 4.74 Å². The van der Waals surface area contributed by atoms with Gasteiger partial charge in [0.2, 0.25) is 0 Å². The molecule has 138 valence electrons. The lowest BCUT2D eigenvalue weighted by Crippen LogP contribution is -2.39. The Morgan fingerprint density at radius 2 is 2.00 bits per heavy atom. The van der Waals surface area contributed by atoms with Crippen LogP contribution in [0.25, 0.3) is 0 Å². The van der Waals surface area contributed by atoms with Gasteiger partial charge >= 0.3 is 6.03 Å². The van der Waals surface area contributed by atoms with E-state index in [1.807, 2.05) is 26.0 Å². The topological polar surface area (TPSA) is 71.5 Å². The number of nitrogens with zero attached hydrogens (tertiary/aromatic N) is 2. The lowest BCUT2D eigenvalue weighted by Gasteiger charge is -2.25. The minimum Gasteiger partial charge on any atom is -0.495 e. The summed E-state index contributed by atoms with van der Waals surface area (Å²) in [5, 5.41) is 2.82. The number of nitrogens with one attached hydrogen (secondary N) is 1. The smallest absolute Gasteiger partial charge is 0.321 e. The Labute approximate surface area is 154 Å². The largest absolute Gasteiger partial charge is 0.495 e. The summed E-state index contributed by atoms with van der Waals surface area (Å²) in [5.74, 6) is 0.431. The van der Waals surface area contributed by atoms with Crippen molar-refractivity contribution in [2.75, 3.05) is 19.5 Å². The molecular weight excluding hydrogens is 330 g/mol. The van der Waals surface area contributed by atoms with Crippen LogP contribution in [0.4, 0.5) is 10.5 Å². The van der Waals surface area contributed by atoms with Crippen molar-refractivity contribution < 1.29 is 14.3 Å². The van der Waals surface area contributed by atoms with Gasteiger partial charge in [-0.2, -0.15) is 0 Å². The highest BCUT2D eigenvalue weighted by atomic mass is 16.5. The van der Waals surface area contributed by atoms with Crippen molar-refractivity contribution in [3.8, 4) is 5.75 Å². The second-order valence-corrected chi connectivity index (χ2v) is 6.39. The minimum atomic E-state index is -0.274. The van der Waals surface area contributed by atoms with Crippen molar-refractivity contribution in [1.29, 1.82) is 0 Å². The minimum absolute atomic E-state index is 0.0497. The molecule has 6 heteroatoms. The fourth-order valence-electron chi connectivity index (χ4n) is 2.58. The quantitative estimate of drug-likeness (QED) is 0.802. The number of Topliss-reactive ketones (excluding diaryl/α,β-unsaturated/α-hetero) is 1. The number of hydrogen-bond donors (Lipinski definition) is 1. The molecule has 0 fully saturated rings. The third kappa shape index (κ3) is 4.81. The van der Waals surface area contributed by atoms with Crippen molar-refractivity contribution in [1.82, 2.24) is 9.88 Å². The first-order chi connectivity index (χ1) is 12.3. The Bertz CT molecular complexity index is 805. The Balaban J connectivity index is 2.10. The number of aryl methyl sites for hydroxylation is 1. The molecule has 0 bridgehead atoms. The zero-order valence-corrected chi connectivity index (χ0v) is 15.9. The highest BCUT2D eigenvalue weighted by Crippen LogP contribution is 2.26. The molecular formula is C20H25N3O3. The van der Waals surface area contributed by atoms with Crippen molar-refractivity contribution in [2.45, 2.75) is 33.2 Å². The third-order valence-electron chi connectivity index (χ3n) is 4.31. The van der Waals surface area contributed by atoms with Crippen LogP contribution in [0.3, 0.4) is 0 Å². The molecule has 0 saturated heterocycles. The third-order valence-corrected chi connectivity index (χ3v) is 4.31. The van der Waals surface area contributed by atoms with Crippen LogP contribution in [0.2, 0.25) is 0 Å². The van der Waals surface area contributed by atoms with Crippen LogP contribution < -0.4 is 10.1 Å². The highest BCUT2D eigenvalue weighted by Gasteiger charge is 2.18. The number of ketones is 1. The lowest BCUT2D eigenvalue weighted by atomic mass is 10.1. The summed E-state index contributed by atoms with van der Waals surface area (Å²) in [5.41, 5.74) is 3.06. The van der Waals surface area contributed by atoms with Gasteiger partial charge in [-0.1, -0.05) is 0 Å². The van der Waals surface area contributed by atoms with Gasteiger partial charge in [-0.15, -0.1) is 0 Å². The number of pyridine rings is 1. The Morgan fingerprint density at radius 1 is 1.27 bits per heavy atom. The predicted molar refractivity (Wildman–Crippen MR) is 102 cm³/mol. The summed E-state index contributed by atoms with van der Waals surface area (Å²) in [6.07, 6.45) is 2.42. The van der Waals surface area contributed by atoms with Crippen molar-refractivity contribution in [3.05, 3.63) is 53.3 Å². The van der Waals surface area contributed by atoms with Gasteiger partial charge in [-0.25, -0.2) is 4.79 Å². The summed E-state index contributed by atoms with van der Waals surface area (Å²) in [6.45, 7) is 5.46. The number of carbonyl (C=O) groups excluding carboxylic acids is 2. The van der Waals surface area contributed by atoms with Crippen molar-refractivity contribution in [3.63, 3.8) is 0 Å². The number of hydrogen-bond acceptors (Lipinski definition) is 4. The molecule has 1 aromatic carbocycles. The van der Waals surface area contributed by atoms with Gasteiger partial charge in [-0.05, 0) is 56.7 Å². The van der Waals surface area contributed by atoms with Gasteiger partial charge in [0.05, 0.1) is 12.8 Å². The molecule has 0 saturated carbocycles. The van der Waals surface area contributed by atoms with E-state index in [0.29, 0.717) is 23.4 Å². The van der Waals surface area contributed by atoms with Crippen LogP contribution in [0.1, 0.15) is 35.5 Å². The number of urea groups is 1. The van der Waals surface area contributed by atoms with Crippen LogP contribution in [0.5, 0.6) is 5.75 Å². The molecule has 2 rings (SSSR count). The standard InChI is InChI=1S/C20H25N3O3/c1-13-8-9-21-17(10-13)11-14(2)23(4)20(25)22-18-12-16(15(3)24)6-7-19(18)26-5/h6-10,12,14H,11H2,1-5H3,(H,22,25). The maximum atomic E-state index is 12.6. The van der Waals surface area contributed by atoms with Crippen LogP contribution in [-0.4, -0.2) is 41.9 Å². The first-order valence-electron chi connectivity index (χ1n) is 8.46. The maximum absolute atomic E-state index is 12.6. The molecule has 0 aliphatic rings. The molecule has 0 aliphatic carbocycles. The Hall–Kier alpha value is -2.89. The van der Waals surface area contributed by atoms with Gasteiger partial charge in [0, 0.05) is 37.0 Å². The lowest BCUT2D eigenvalue weighted by molar-refractivity contribution is 0.101. The molecule has 1 atom stereocenters. The molecule has 1 unspecified atom stereocenters. The summed E-state index contributed by atoms with van der Waals surface area (Å²) >= 11 is 0. The molecule has 0 spiro atoms.